The predicted octanol–water partition coefficient (Wildman–Crippen LogP) is 0.0339. The summed E-state index contributed by atoms with van der Waals surface area (Å²) in [6, 6.07) is 0. The van der Waals surface area contributed by atoms with Crippen LogP contribution in [0.3, 0.4) is 0 Å². The number of nitrogens with one attached hydrogen (secondary N) is 2. The second-order valence-corrected chi connectivity index (χ2v) is 6.96. The monoisotopic (exact) mass is 317 g/mol. The number of nitrogens with zero attached hydrogens (tertiary/aromatic N) is 3. The molecular formula is C12H23N5O3S. The number of hydrogen-bond acceptors (Lipinski definition) is 6. The van der Waals surface area contributed by atoms with Gasteiger partial charge in [0.25, 0.3) is 10.2 Å². The van der Waals surface area contributed by atoms with Crippen LogP contribution in [0, 0.1) is 12.8 Å². The van der Waals surface area contributed by atoms with Gasteiger partial charge in [0.1, 0.15) is 0 Å². The van der Waals surface area contributed by atoms with Gasteiger partial charge in [-0.25, -0.2) is 0 Å². The molecule has 9 heteroatoms. The molecule has 8 nitrogen and oxygen atoms in total. The topological polar surface area (TPSA) is 100 Å². The van der Waals surface area contributed by atoms with Gasteiger partial charge in [0, 0.05) is 20.0 Å². The maximum atomic E-state index is 12.2. The van der Waals surface area contributed by atoms with Gasteiger partial charge in [0.05, 0.1) is 6.54 Å². The first kappa shape index (κ1) is 16.3. The minimum atomic E-state index is -3.47. The van der Waals surface area contributed by atoms with E-state index >= 15 is 0 Å². The minimum absolute atomic E-state index is 0.0526. The van der Waals surface area contributed by atoms with E-state index in [4.69, 9.17) is 4.52 Å². The molecule has 0 bridgehead atoms. The minimum Gasteiger partial charge on any atom is -0.340 e. The molecule has 1 aliphatic rings. The largest absolute Gasteiger partial charge is 0.340 e. The fraction of sp³-hybridized carbons (Fsp3) is 0.833. The van der Waals surface area contributed by atoms with E-state index in [0.717, 1.165) is 25.9 Å². The van der Waals surface area contributed by atoms with Crippen molar-refractivity contribution in [3.05, 3.63) is 11.7 Å². The van der Waals surface area contributed by atoms with Crippen LogP contribution in [0.15, 0.2) is 4.52 Å². The fourth-order valence-corrected chi connectivity index (χ4v) is 3.55. The van der Waals surface area contributed by atoms with Crippen LogP contribution in [-0.2, 0) is 16.8 Å². The second-order valence-electron chi connectivity index (χ2n) is 5.21. The number of aryl methyl sites for hydroxylation is 1. The Morgan fingerprint density at radius 3 is 2.67 bits per heavy atom. The average Bonchev–Trinajstić information content (AvgIpc) is 2.89. The lowest BCUT2D eigenvalue weighted by Gasteiger charge is -2.31. The van der Waals surface area contributed by atoms with E-state index in [-0.39, 0.29) is 6.54 Å². The van der Waals surface area contributed by atoms with Crippen LogP contribution in [0.1, 0.15) is 31.5 Å². The van der Waals surface area contributed by atoms with Crippen molar-refractivity contribution in [1.29, 1.82) is 0 Å². The Balaban J connectivity index is 1.81. The maximum Gasteiger partial charge on any atom is 0.279 e. The molecule has 1 saturated heterocycles. The van der Waals surface area contributed by atoms with Crippen molar-refractivity contribution in [3.8, 4) is 0 Å². The lowest BCUT2D eigenvalue weighted by atomic mass is 9.98. The van der Waals surface area contributed by atoms with E-state index in [0.29, 0.717) is 30.7 Å². The Morgan fingerprint density at radius 1 is 1.38 bits per heavy atom. The van der Waals surface area contributed by atoms with Crippen LogP contribution in [0.5, 0.6) is 0 Å². The predicted molar refractivity (Wildman–Crippen MR) is 77.6 cm³/mol. The van der Waals surface area contributed by atoms with Gasteiger partial charge in [-0.3, -0.25) is 0 Å². The Kier molecular flexibility index (Phi) is 5.68. The van der Waals surface area contributed by atoms with Gasteiger partial charge in [-0.2, -0.15) is 22.4 Å². The molecule has 0 atom stereocenters. The first-order valence-electron chi connectivity index (χ1n) is 7.26. The van der Waals surface area contributed by atoms with Crippen molar-refractivity contribution in [2.45, 2.75) is 33.2 Å². The van der Waals surface area contributed by atoms with Gasteiger partial charge < -0.3 is 9.84 Å². The zero-order valence-electron chi connectivity index (χ0n) is 12.5. The summed E-state index contributed by atoms with van der Waals surface area (Å²) in [6.07, 6.45) is 1.77. The summed E-state index contributed by atoms with van der Waals surface area (Å²) in [7, 11) is -3.47. The lowest BCUT2D eigenvalue weighted by Crippen LogP contribution is -2.46. The van der Waals surface area contributed by atoms with E-state index in [1.807, 2.05) is 0 Å². The van der Waals surface area contributed by atoms with E-state index in [9.17, 15) is 8.42 Å². The summed E-state index contributed by atoms with van der Waals surface area (Å²) < 4.78 is 33.2. The van der Waals surface area contributed by atoms with E-state index in [1.165, 1.54) is 4.31 Å². The van der Waals surface area contributed by atoms with Gasteiger partial charge >= 0.3 is 0 Å². The third kappa shape index (κ3) is 4.73. The van der Waals surface area contributed by atoms with Crippen LogP contribution in [0.2, 0.25) is 0 Å². The highest BCUT2D eigenvalue weighted by Crippen LogP contribution is 2.18. The summed E-state index contributed by atoms with van der Waals surface area (Å²) in [6.45, 7) is 6.80. The Labute approximate surface area is 125 Å². The van der Waals surface area contributed by atoms with Crippen LogP contribution in [-0.4, -0.2) is 49.0 Å². The van der Waals surface area contributed by atoms with Crippen molar-refractivity contribution < 1.29 is 12.9 Å². The standard InChI is InChI=1S/C12H23N5O3S/c1-3-13-8-11-4-6-17(7-5-11)21(18,19)14-9-12-15-10(2)20-16-12/h11,13-14H,3-9H2,1-2H3. The van der Waals surface area contributed by atoms with Gasteiger partial charge in [0.15, 0.2) is 5.82 Å². The highest BCUT2D eigenvalue weighted by molar-refractivity contribution is 7.87. The molecule has 0 saturated carbocycles. The molecule has 120 valence electrons. The number of piperidine rings is 1. The molecule has 1 aromatic rings. The molecule has 2 rings (SSSR count). The zero-order valence-corrected chi connectivity index (χ0v) is 13.3. The molecule has 0 radical (unpaired) electrons. The van der Waals surface area contributed by atoms with Crippen molar-refractivity contribution in [2.24, 2.45) is 5.92 Å². The Morgan fingerprint density at radius 2 is 2.10 bits per heavy atom. The van der Waals surface area contributed by atoms with Crippen molar-refractivity contribution in [3.63, 3.8) is 0 Å². The van der Waals surface area contributed by atoms with Crippen molar-refractivity contribution in [1.82, 2.24) is 24.5 Å². The molecule has 0 spiro atoms. The molecule has 1 aliphatic heterocycles. The Hall–Kier alpha value is -1.03. The van der Waals surface area contributed by atoms with Crippen LogP contribution < -0.4 is 10.0 Å². The van der Waals surface area contributed by atoms with E-state index in [1.54, 1.807) is 6.92 Å². The van der Waals surface area contributed by atoms with Gasteiger partial charge in [-0.15, -0.1) is 0 Å². The van der Waals surface area contributed by atoms with Crippen molar-refractivity contribution in [2.75, 3.05) is 26.2 Å². The molecule has 1 aromatic heterocycles. The number of rotatable bonds is 7. The summed E-state index contributed by atoms with van der Waals surface area (Å²) >= 11 is 0. The smallest absolute Gasteiger partial charge is 0.279 e. The number of hydrogen-bond donors (Lipinski definition) is 2. The molecule has 1 fully saturated rings. The maximum absolute atomic E-state index is 12.2. The van der Waals surface area contributed by atoms with E-state index in [2.05, 4.69) is 27.1 Å². The summed E-state index contributed by atoms with van der Waals surface area (Å²) in [5.41, 5.74) is 0. The first-order chi connectivity index (χ1) is 10.0. The summed E-state index contributed by atoms with van der Waals surface area (Å²) in [5.74, 6) is 1.32. The summed E-state index contributed by atoms with van der Waals surface area (Å²) in [4.78, 5) is 3.97. The molecule has 2 N–H and O–H groups in total. The quantitative estimate of drug-likeness (QED) is 0.736. The summed E-state index contributed by atoms with van der Waals surface area (Å²) in [5, 5.41) is 6.98. The van der Waals surface area contributed by atoms with Crippen LogP contribution >= 0.6 is 0 Å². The average molecular weight is 317 g/mol. The van der Waals surface area contributed by atoms with Gasteiger partial charge in [-0.1, -0.05) is 12.1 Å². The molecule has 0 unspecified atom stereocenters. The highest BCUT2D eigenvalue weighted by Gasteiger charge is 2.27. The molecular weight excluding hydrogens is 294 g/mol. The van der Waals surface area contributed by atoms with Gasteiger partial charge in [0.2, 0.25) is 5.89 Å². The first-order valence-corrected chi connectivity index (χ1v) is 8.70. The molecule has 0 amide bonds. The van der Waals surface area contributed by atoms with E-state index < -0.39 is 10.2 Å². The van der Waals surface area contributed by atoms with Crippen LogP contribution in [0.25, 0.3) is 0 Å². The van der Waals surface area contributed by atoms with Crippen molar-refractivity contribution >= 4 is 10.2 Å². The fourth-order valence-electron chi connectivity index (χ4n) is 2.36. The molecule has 2 heterocycles. The lowest BCUT2D eigenvalue weighted by molar-refractivity contribution is 0.266. The molecule has 21 heavy (non-hydrogen) atoms. The highest BCUT2D eigenvalue weighted by atomic mass is 32.2. The third-order valence-electron chi connectivity index (χ3n) is 3.58. The number of aromatic nitrogens is 2. The molecule has 0 aromatic carbocycles. The second kappa shape index (κ2) is 7.30. The SMILES string of the molecule is CCNCC1CCN(S(=O)(=O)NCc2noc(C)n2)CC1. The zero-order chi connectivity index (χ0) is 15.3. The third-order valence-corrected chi connectivity index (χ3v) is 5.13. The molecule has 0 aliphatic carbocycles. The normalized spacial score (nSPS) is 18.2. The van der Waals surface area contributed by atoms with Crippen LogP contribution in [0.4, 0.5) is 0 Å². The Bertz CT molecular complexity index is 537. The van der Waals surface area contributed by atoms with Gasteiger partial charge in [-0.05, 0) is 31.8 Å².